The smallest absolute Gasteiger partial charge is 0.256 e. The third-order valence-electron chi connectivity index (χ3n) is 6.51. The van der Waals surface area contributed by atoms with Crippen molar-refractivity contribution in [3.8, 4) is 0 Å². The molecule has 1 saturated heterocycles. The van der Waals surface area contributed by atoms with Crippen LogP contribution in [-0.4, -0.2) is 41.2 Å². The number of carbonyl (C=O) groups is 2. The maximum absolute atomic E-state index is 13.0. The standard InChI is InChI=1S/C26H33N3O2/c1-18(2)12-17-29-24(22-6-4-5-7-23(22)26(29)31)27-21-10-8-20(9-11-21)25(30)28-15-13-19(3)14-16-28/h4-11,18-19,24,27H,12-17H2,1-3H3. The maximum Gasteiger partial charge on any atom is 0.256 e. The number of nitrogens with one attached hydrogen (secondary N) is 1. The minimum atomic E-state index is -0.187. The monoisotopic (exact) mass is 419 g/mol. The van der Waals surface area contributed by atoms with Gasteiger partial charge in [0, 0.05) is 42.0 Å². The van der Waals surface area contributed by atoms with E-state index in [2.05, 4.69) is 26.1 Å². The van der Waals surface area contributed by atoms with Crippen molar-refractivity contribution in [1.29, 1.82) is 0 Å². The molecule has 1 N–H and O–H groups in total. The Morgan fingerprint density at radius 2 is 1.74 bits per heavy atom. The van der Waals surface area contributed by atoms with Crippen molar-refractivity contribution in [3.05, 3.63) is 65.2 Å². The highest BCUT2D eigenvalue weighted by Crippen LogP contribution is 2.34. The predicted molar refractivity (Wildman–Crippen MR) is 124 cm³/mol. The van der Waals surface area contributed by atoms with Gasteiger partial charge in [0.05, 0.1) is 0 Å². The summed E-state index contributed by atoms with van der Waals surface area (Å²) >= 11 is 0. The highest BCUT2D eigenvalue weighted by atomic mass is 16.2. The van der Waals surface area contributed by atoms with Crippen LogP contribution in [0.4, 0.5) is 5.69 Å². The fourth-order valence-corrected chi connectivity index (χ4v) is 4.41. The minimum absolute atomic E-state index is 0.0832. The minimum Gasteiger partial charge on any atom is -0.361 e. The number of nitrogens with zero attached hydrogens (tertiary/aromatic N) is 2. The summed E-state index contributed by atoms with van der Waals surface area (Å²) in [6.07, 6.45) is 2.92. The van der Waals surface area contributed by atoms with Gasteiger partial charge in [-0.25, -0.2) is 0 Å². The van der Waals surface area contributed by atoms with Crippen LogP contribution in [0.5, 0.6) is 0 Å². The van der Waals surface area contributed by atoms with Gasteiger partial charge in [-0.15, -0.1) is 0 Å². The Kier molecular flexibility index (Phi) is 6.30. The number of fused-ring (bicyclic) bond motifs is 1. The van der Waals surface area contributed by atoms with Crippen molar-refractivity contribution in [3.63, 3.8) is 0 Å². The molecule has 0 radical (unpaired) electrons. The summed E-state index contributed by atoms with van der Waals surface area (Å²) in [7, 11) is 0. The first kappa shape index (κ1) is 21.4. The Hall–Kier alpha value is -2.82. The first-order valence-corrected chi connectivity index (χ1v) is 11.5. The van der Waals surface area contributed by atoms with Crippen LogP contribution >= 0.6 is 0 Å². The second kappa shape index (κ2) is 9.13. The number of carbonyl (C=O) groups excluding carboxylic acids is 2. The van der Waals surface area contributed by atoms with E-state index in [0.717, 1.165) is 54.7 Å². The van der Waals surface area contributed by atoms with Gasteiger partial charge in [0.2, 0.25) is 0 Å². The van der Waals surface area contributed by atoms with Crippen molar-refractivity contribution in [2.24, 2.45) is 11.8 Å². The fourth-order valence-electron chi connectivity index (χ4n) is 4.41. The lowest BCUT2D eigenvalue weighted by Crippen LogP contribution is -2.37. The molecule has 1 fully saturated rings. The number of rotatable bonds is 6. The third-order valence-corrected chi connectivity index (χ3v) is 6.51. The lowest BCUT2D eigenvalue weighted by molar-refractivity contribution is 0.0696. The molecular formula is C26H33N3O2. The summed E-state index contributed by atoms with van der Waals surface area (Å²) in [5, 5.41) is 3.53. The number of anilines is 1. The molecule has 0 bridgehead atoms. The number of hydrogen-bond donors (Lipinski definition) is 1. The second-order valence-corrected chi connectivity index (χ2v) is 9.37. The summed E-state index contributed by atoms with van der Waals surface area (Å²) in [5.74, 6) is 1.42. The zero-order valence-electron chi connectivity index (χ0n) is 18.8. The normalized spacial score (nSPS) is 19.1. The van der Waals surface area contributed by atoms with Crippen LogP contribution in [0.3, 0.4) is 0 Å². The van der Waals surface area contributed by atoms with E-state index in [1.54, 1.807) is 0 Å². The average molecular weight is 420 g/mol. The zero-order valence-corrected chi connectivity index (χ0v) is 18.8. The van der Waals surface area contributed by atoms with Crippen LogP contribution in [0.15, 0.2) is 48.5 Å². The summed E-state index contributed by atoms with van der Waals surface area (Å²) in [6, 6.07) is 15.5. The molecule has 5 nitrogen and oxygen atoms in total. The van der Waals surface area contributed by atoms with E-state index in [4.69, 9.17) is 0 Å². The molecule has 31 heavy (non-hydrogen) atoms. The number of likely N-dealkylation sites (tertiary alicyclic amines) is 1. The zero-order chi connectivity index (χ0) is 22.0. The molecule has 2 amide bonds. The Labute approximate surface area is 185 Å². The summed E-state index contributed by atoms with van der Waals surface area (Å²) in [6.45, 7) is 8.99. The van der Waals surface area contributed by atoms with E-state index in [1.165, 1.54) is 0 Å². The Morgan fingerprint density at radius 3 is 2.42 bits per heavy atom. The molecular weight excluding hydrogens is 386 g/mol. The molecule has 2 aromatic carbocycles. The first-order valence-electron chi connectivity index (χ1n) is 11.5. The molecule has 2 aromatic rings. The van der Waals surface area contributed by atoms with Gasteiger partial charge in [0.25, 0.3) is 11.8 Å². The largest absolute Gasteiger partial charge is 0.361 e. The molecule has 2 heterocycles. The number of piperidine rings is 1. The topological polar surface area (TPSA) is 52.7 Å². The Balaban J connectivity index is 1.49. The van der Waals surface area contributed by atoms with Crippen LogP contribution in [-0.2, 0) is 0 Å². The van der Waals surface area contributed by atoms with Crippen molar-refractivity contribution >= 4 is 17.5 Å². The first-order chi connectivity index (χ1) is 14.9. The van der Waals surface area contributed by atoms with E-state index in [-0.39, 0.29) is 18.0 Å². The van der Waals surface area contributed by atoms with Gasteiger partial charge in [0.1, 0.15) is 6.17 Å². The molecule has 0 spiro atoms. The van der Waals surface area contributed by atoms with E-state index >= 15 is 0 Å². The van der Waals surface area contributed by atoms with Crippen LogP contribution in [0, 0.1) is 11.8 Å². The lowest BCUT2D eigenvalue weighted by Gasteiger charge is -2.30. The van der Waals surface area contributed by atoms with E-state index in [1.807, 2.05) is 58.3 Å². The van der Waals surface area contributed by atoms with Crippen molar-refractivity contribution in [2.45, 2.75) is 46.2 Å². The van der Waals surface area contributed by atoms with Gasteiger partial charge < -0.3 is 15.1 Å². The highest BCUT2D eigenvalue weighted by molar-refractivity contribution is 5.99. The molecule has 2 aliphatic heterocycles. The van der Waals surface area contributed by atoms with Gasteiger partial charge >= 0.3 is 0 Å². The van der Waals surface area contributed by atoms with Crippen LogP contribution in [0.2, 0.25) is 0 Å². The maximum atomic E-state index is 13.0. The number of amides is 2. The van der Waals surface area contributed by atoms with Crippen LogP contribution in [0.1, 0.15) is 72.5 Å². The molecule has 2 aliphatic rings. The van der Waals surface area contributed by atoms with Crippen LogP contribution < -0.4 is 5.32 Å². The molecule has 4 rings (SSSR count). The predicted octanol–water partition coefficient (Wildman–Crippen LogP) is 5.17. The molecule has 1 atom stereocenters. The SMILES string of the molecule is CC(C)CCN1C(=O)c2ccccc2C1Nc1ccc(C(=O)N2CCC(C)CC2)cc1. The van der Waals surface area contributed by atoms with E-state index in [9.17, 15) is 9.59 Å². The summed E-state index contributed by atoms with van der Waals surface area (Å²) in [4.78, 5) is 29.7. The third kappa shape index (κ3) is 4.60. The lowest BCUT2D eigenvalue weighted by atomic mass is 9.98. The summed E-state index contributed by atoms with van der Waals surface area (Å²) < 4.78 is 0. The Bertz CT molecular complexity index is 930. The molecule has 0 saturated carbocycles. The van der Waals surface area contributed by atoms with Crippen molar-refractivity contribution in [2.75, 3.05) is 25.0 Å². The highest BCUT2D eigenvalue weighted by Gasteiger charge is 2.36. The van der Waals surface area contributed by atoms with Gasteiger partial charge in [-0.3, -0.25) is 9.59 Å². The Morgan fingerprint density at radius 1 is 1.06 bits per heavy atom. The van der Waals surface area contributed by atoms with Crippen molar-refractivity contribution < 1.29 is 9.59 Å². The molecule has 5 heteroatoms. The van der Waals surface area contributed by atoms with Crippen LogP contribution in [0.25, 0.3) is 0 Å². The average Bonchev–Trinajstić information content (AvgIpc) is 3.04. The number of hydrogen-bond acceptors (Lipinski definition) is 3. The fraction of sp³-hybridized carbons (Fsp3) is 0.462. The second-order valence-electron chi connectivity index (χ2n) is 9.37. The van der Waals surface area contributed by atoms with Gasteiger partial charge in [-0.2, -0.15) is 0 Å². The molecule has 164 valence electrons. The molecule has 0 aliphatic carbocycles. The number of benzene rings is 2. The molecule has 1 unspecified atom stereocenters. The molecule has 0 aromatic heterocycles. The van der Waals surface area contributed by atoms with E-state index in [0.29, 0.717) is 18.4 Å². The van der Waals surface area contributed by atoms with Crippen molar-refractivity contribution in [1.82, 2.24) is 9.80 Å². The quantitative estimate of drug-likeness (QED) is 0.703. The van der Waals surface area contributed by atoms with Gasteiger partial charge in [-0.05, 0) is 61.4 Å². The summed E-state index contributed by atoms with van der Waals surface area (Å²) in [5.41, 5.74) is 3.42. The van der Waals surface area contributed by atoms with E-state index < -0.39 is 0 Å². The van der Waals surface area contributed by atoms with Gasteiger partial charge in [-0.1, -0.05) is 39.0 Å². The van der Waals surface area contributed by atoms with Gasteiger partial charge in [0.15, 0.2) is 0 Å².